The van der Waals surface area contributed by atoms with Gasteiger partial charge < -0.3 is 10.6 Å². The number of thioether (sulfide) groups is 1. The number of para-hydroxylation sites is 1. The van der Waals surface area contributed by atoms with Gasteiger partial charge in [-0.05, 0) is 53.6 Å². The van der Waals surface area contributed by atoms with Gasteiger partial charge in [0.1, 0.15) is 11.1 Å². The van der Waals surface area contributed by atoms with Crippen LogP contribution in [0, 0.1) is 0 Å². The number of hydrazone groups is 1. The SMILES string of the molecule is O=C(/C=C/c1ccccc1)Nc1ccc(SC(C(=O)NC2=NN(c3ccccc3)C(=O)C2)c2ccccc2)cc1. The summed E-state index contributed by atoms with van der Waals surface area (Å²) in [6, 6.07) is 35.5. The van der Waals surface area contributed by atoms with Gasteiger partial charge in [0.15, 0.2) is 0 Å². The lowest BCUT2D eigenvalue weighted by Gasteiger charge is -2.17. The Hall–Kier alpha value is -4.95. The maximum absolute atomic E-state index is 13.4. The van der Waals surface area contributed by atoms with E-state index in [0.717, 1.165) is 16.0 Å². The lowest BCUT2D eigenvalue weighted by atomic mass is 10.1. The van der Waals surface area contributed by atoms with E-state index < -0.39 is 5.25 Å². The maximum atomic E-state index is 13.4. The van der Waals surface area contributed by atoms with Crippen LogP contribution in [-0.2, 0) is 14.4 Å². The van der Waals surface area contributed by atoms with Gasteiger partial charge in [-0.2, -0.15) is 10.1 Å². The molecule has 1 aliphatic rings. The van der Waals surface area contributed by atoms with Gasteiger partial charge in [0.2, 0.25) is 11.8 Å². The molecule has 2 N–H and O–H groups in total. The summed E-state index contributed by atoms with van der Waals surface area (Å²) in [7, 11) is 0. The summed E-state index contributed by atoms with van der Waals surface area (Å²) < 4.78 is 0. The number of hydrogen-bond acceptors (Lipinski definition) is 5. The van der Waals surface area contributed by atoms with Gasteiger partial charge >= 0.3 is 0 Å². The minimum absolute atomic E-state index is 0.0138. The molecule has 1 atom stereocenters. The standard InChI is InChI=1S/C32H26N4O3S/c37-29(21-16-23-10-4-1-5-11-23)33-25-17-19-27(20-18-25)40-31(24-12-6-2-7-13-24)32(39)34-28-22-30(38)36(35-28)26-14-8-3-9-15-26/h1-21,31H,22H2,(H,33,37)(H,34,35,39)/b21-16+. The Bertz CT molecular complexity index is 1540. The van der Waals surface area contributed by atoms with Crippen molar-refractivity contribution in [3.63, 3.8) is 0 Å². The minimum atomic E-state index is -0.584. The van der Waals surface area contributed by atoms with Crippen LogP contribution in [-0.4, -0.2) is 23.6 Å². The van der Waals surface area contributed by atoms with Crippen molar-refractivity contribution in [1.82, 2.24) is 5.32 Å². The summed E-state index contributed by atoms with van der Waals surface area (Å²) in [6.07, 6.45) is 3.26. The second kappa shape index (κ2) is 12.7. The molecule has 4 aromatic rings. The molecular weight excluding hydrogens is 520 g/mol. The number of anilines is 2. The summed E-state index contributed by atoms with van der Waals surface area (Å²) in [4.78, 5) is 39.2. The highest BCUT2D eigenvalue weighted by atomic mass is 32.2. The largest absolute Gasteiger partial charge is 0.323 e. The molecule has 0 fully saturated rings. The van der Waals surface area contributed by atoms with E-state index in [1.54, 1.807) is 30.3 Å². The summed E-state index contributed by atoms with van der Waals surface area (Å²) in [5, 5.41) is 10.8. The van der Waals surface area contributed by atoms with Gasteiger partial charge in [-0.1, -0.05) is 78.9 Å². The van der Waals surface area contributed by atoms with E-state index in [0.29, 0.717) is 17.2 Å². The molecule has 0 spiro atoms. The summed E-state index contributed by atoms with van der Waals surface area (Å²) >= 11 is 1.37. The Morgan fingerprint density at radius 2 is 1.43 bits per heavy atom. The predicted octanol–water partition coefficient (Wildman–Crippen LogP) is 6.04. The number of carbonyl (C=O) groups is 3. The van der Waals surface area contributed by atoms with Gasteiger partial charge in [0, 0.05) is 16.7 Å². The average molecular weight is 547 g/mol. The minimum Gasteiger partial charge on any atom is -0.323 e. The van der Waals surface area contributed by atoms with Crippen LogP contribution in [0.4, 0.5) is 11.4 Å². The second-order valence-electron chi connectivity index (χ2n) is 8.92. The molecule has 40 heavy (non-hydrogen) atoms. The van der Waals surface area contributed by atoms with Crippen LogP contribution in [0.25, 0.3) is 6.08 Å². The lowest BCUT2D eigenvalue weighted by Crippen LogP contribution is -2.33. The van der Waals surface area contributed by atoms with Crippen molar-refractivity contribution in [2.24, 2.45) is 5.10 Å². The van der Waals surface area contributed by atoms with Crippen LogP contribution in [0.2, 0.25) is 0 Å². The molecule has 4 aromatic carbocycles. The van der Waals surface area contributed by atoms with Crippen LogP contribution in [0.3, 0.4) is 0 Å². The number of amidine groups is 1. The van der Waals surface area contributed by atoms with E-state index in [4.69, 9.17) is 0 Å². The fraction of sp³-hybridized carbons (Fsp3) is 0.0625. The van der Waals surface area contributed by atoms with Crippen molar-refractivity contribution in [2.45, 2.75) is 16.6 Å². The first-order valence-corrected chi connectivity index (χ1v) is 13.6. The highest BCUT2D eigenvalue weighted by Gasteiger charge is 2.29. The Kier molecular flexibility index (Phi) is 8.48. The number of hydrogen-bond donors (Lipinski definition) is 2. The zero-order valence-electron chi connectivity index (χ0n) is 21.4. The van der Waals surface area contributed by atoms with Gasteiger partial charge in [0.05, 0.1) is 12.1 Å². The molecule has 3 amide bonds. The monoisotopic (exact) mass is 546 g/mol. The van der Waals surface area contributed by atoms with E-state index >= 15 is 0 Å². The number of nitrogens with one attached hydrogen (secondary N) is 2. The molecule has 0 bridgehead atoms. The topological polar surface area (TPSA) is 90.9 Å². The molecule has 198 valence electrons. The van der Waals surface area contributed by atoms with E-state index in [2.05, 4.69) is 15.7 Å². The van der Waals surface area contributed by atoms with Crippen LogP contribution < -0.4 is 15.6 Å². The van der Waals surface area contributed by atoms with Crippen molar-refractivity contribution in [1.29, 1.82) is 0 Å². The van der Waals surface area contributed by atoms with E-state index in [9.17, 15) is 14.4 Å². The second-order valence-corrected chi connectivity index (χ2v) is 10.1. The number of nitrogens with zero attached hydrogens (tertiary/aromatic N) is 2. The first kappa shape index (κ1) is 26.6. The maximum Gasteiger partial charge on any atom is 0.255 e. The van der Waals surface area contributed by atoms with Crippen LogP contribution in [0.1, 0.15) is 22.8 Å². The summed E-state index contributed by atoms with van der Waals surface area (Å²) in [5.41, 5.74) is 3.05. The molecule has 0 aromatic heterocycles. The van der Waals surface area contributed by atoms with Gasteiger partial charge in [-0.15, -0.1) is 11.8 Å². The zero-order valence-corrected chi connectivity index (χ0v) is 22.3. The molecule has 7 nitrogen and oxygen atoms in total. The van der Waals surface area contributed by atoms with Gasteiger partial charge in [0.25, 0.3) is 5.91 Å². The number of carbonyl (C=O) groups excluding carboxylic acids is 3. The molecule has 1 heterocycles. The molecule has 0 radical (unpaired) electrons. The fourth-order valence-electron chi connectivity index (χ4n) is 4.05. The van der Waals surface area contributed by atoms with Crippen LogP contribution in [0.5, 0.6) is 0 Å². The first-order valence-electron chi connectivity index (χ1n) is 12.7. The number of benzene rings is 4. The first-order chi connectivity index (χ1) is 19.5. The molecule has 8 heteroatoms. The summed E-state index contributed by atoms with van der Waals surface area (Å²) in [6.45, 7) is 0. The summed E-state index contributed by atoms with van der Waals surface area (Å²) in [5.74, 6) is -0.410. The van der Waals surface area contributed by atoms with Crippen molar-refractivity contribution in [3.05, 3.63) is 132 Å². The molecule has 1 unspecified atom stereocenters. The molecule has 5 rings (SSSR count). The number of rotatable bonds is 8. The quantitative estimate of drug-likeness (QED) is 0.208. The smallest absolute Gasteiger partial charge is 0.255 e. The third-order valence-electron chi connectivity index (χ3n) is 5.99. The normalized spacial score (nSPS) is 13.7. The predicted molar refractivity (Wildman–Crippen MR) is 160 cm³/mol. The number of amides is 3. The average Bonchev–Trinajstić information content (AvgIpc) is 3.36. The highest BCUT2D eigenvalue weighted by Crippen LogP contribution is 2.36. The Morgan fingerprint density at radius 1 is 0.800 bits per heavy atom. The van der Waals surface area contributed by atoms with Gasteiger partial charge in [-0.3, -0.25) is 14.4 Å². The van der Waals surface area contributed by atoms with E-state index in [1.165, 1.54) is 22.8 Å². The highest BCUT2D eigenvalue weighted by molar-refractivity contribution is 8.00. The van der Waals surface area contributed by atoms with Crippen LogP contribution >= 0.6 is 11.8 Å². The Morgan fingerprint density at radius 3 is 2.10 bits per heavy atom. The van der Waals surface area contributed by atoms with E-state index in [-0.39, 0.29) is 24.1 Å². The Balaban J connectivity index is 1.26. The molecule has 0 aliphatic carbocycles. The van der Waals surface area contributed by atoms with E-state index in [1.807, 2.05) is 91.0 Å². The lowest BCUT2D eigenvalue weighted by molar-refractivity contribution is -0.119. The van der Waals surface area contributed by atoms with Crippen molar-refractivity contribution < 1.29 is 14.4 Å². The van der Waals surface area contributed by atoms with Crippen LogP contribution in [0.15, 0.2) is 131 Å². The van der Waals surface area contributed by atoms with Crippen molar-refractivity contribution in [2.75, 3.05) is 10.3 Å². The third kappa shape index (κ3) is 6.92. The fourth-order valence-corrected chi connectivity index (χ4v) is 5.08. The molecule has 1 aliphatic heterocycles. The van der Waals surface area contributed by atoms with Crippen molar-refractivity contribution in [3.8, 4) is 0 Å². The third-order valence-corrected chi connectivity index (χ3v) is 7.25. The molecule has 0 saturated carbocycles. The molecular formula is C32H26N4O3S. The molecule has 0 saturated heterocycles. The van der Waals surface area contributed by atoms with Gasteiger partial charge in [-0.25, -0.2) is 0 Å². The zero-order chi connectivity index (χ0) is 27.7. The Labute approximate surface area is 236 Å². The van der Waals surface area contributed by atoms with Crippen molar-refractivity contribution >= 4 is 52.8 Å².